The first-order valence-electron chi connectivity index (χ1n) is 4.55. The van der Waals surface area contributed by atoms with E-state index in [1.54, 1.807) is 13.0 Å². The maximum atomic E-state index is 10.5. The molecule has 0 spiro atoms. The van der Waals surface area contributed by atoms with E-state index in [9.17, 15) is 4.79 Å². The fourth-order valence-corrected chi connectivity index (χ4v) is 1.20. The first kappa shape index (κ1) is 10.5. The second-order valence-corrected chi connectivity index (χ2v) is 3.39. The van der Waals surface area contributed by atoms with Crippen molar-refractivity contribution in [1.29, 1.82) is 0 Å². The Bertz CT molecular complexity index is 364. The largest absolute Gasteiger partial charge is 0.478 e. The number of benzene rings is 1. The van der Waals surface area contributed by atoms with Crippen LogP contribution < -0.4 is 0 Å². The van der Waals surface area contributed by atoms with Crippen molar-refractivity contribution in [2.75, 3.05) is 0 Å². The van der Waals surface area contributed by atoms with E-state index in [-0.39, 0.29) is 0 Å². The fourth-order valence-electron chi connectivity index (χ4n) is 1.20. The number of allylic oxidation sites excluding steroid dienone is 1. The zero-order chi connectivity index (χ0) is 10.6. The number of hydrogen-bond donors (Lipinski definition) is 1. The van der Waals surface area contributed by atoms with Crippen molar-refractivity contribution < 1.29 is 9.90 Å². The van der Waals surface area contributed by atoms with Crippen LogP contribution in [0.25, 0.3) is 0 Å². The molecule has 0 saturated heterocycles. The second kappa shape index (κ2) is 4.61. The fraction of sp³-hybridized carbons (Fsp3) is 0.250. The molecule has 0 aliphatic heterocycles. The molecule has 0 unspecified atom stereocenters. The SMILES string of the molecule is CC(=CCc1cccc(C)c1)C(=O)O. The van der Waals surface area contributed by atoms with Crippen LogP contribution in [0.2, 0.25) is 0 Å². The second-order valence-electron chi connectivity index (χ2n) is 3.39. The van der Waals surface area contributed by atoms with Gasteiger partial charge in [0.15, 0.2) is 0 Å². The highest BCUT2D eigenvalue weighted by Gasteiger charge is 1.98. The minimum atomic E-state index is -0.849. The average molecular weight is 190 g/mol. The maximum Gasteiger partial charge on any atom is 0.330 e. The van der Waals surface area contributed by atoms with Crippen LogP contribution in [0.1, 0.15) is 18.1 Å². The molecule has 0 fully saturated rings. The lowest BCUT2D eigenvalue weighted by Gasteiger charge is -1.98. The van der Waals surface area contributed by atoms with Gasteiger partial charge in [0.1, 0.15) is 0 Å². The molecule has 74 valence electrons. The molecule has 0 aliphatic rings. The van der Waals surface area contributed by atoms with Gasteiger partial charge in [-0.1, -0.05) is 35.9 Å². The van der Waals surface area contributed by atoms with E-state index in [1.165, 1.54) is 5.56 Å². The summed E-state index contributed by atoms with van der Waals surface area (Å²) in [5.41, 5.74) is 2.74. The normalized spacial score (nSPS) is 11.4. The Labute approximate surface area is 83.9 Å². The first-order valence-corrected chi connectivity index (χ1v) is 4.55. The number of carboxylic acid groups (broad SMARTS) is 1. The van der Waals surface area contributed by atoms with Gasteiger partial charge >= 0.3 is 5.97 Å². The molecule has 1 aromatic carbocycles. The molecule has 0 aromatic heterocycles. The molecular weight excluding hydrogens is 176 g/mol. The zero-order valence-corrected chi connectivity index (χ0v) is 8.45. The number of carbonyl (C=O) groups is 1. The molecule has 0 atom stereocenters. The third-order valence-electron chi connectivity index (χ3n) is 2.06. The highest BCUT2D eigenvalue weighted by molar-refractivity contribution is 5.85. The van der Waals surface area contributed by atoms with Crippen molar-refractivity contribution in [3.63, 3.8) is 0 Å². The molecule has 2 nitrogen and oxygen atoms in total. The molecule has 2 heteroatoms. The summed E-state index contributed by atoms with van der Waals surface area (Å²) in [6, 6.07) is 8.07. The molecular formula is C12H14O2. The highest BCUT2D eigenvalue weighted by Crippen LogP contribution is 2.06. The Morgan fingerprint density at radius 2 is 2.21 bits per heavy atom. The molecule has 1 rings (SSSR count). The van der Waals surface area contributed by atoms with Crippen LogP contribution in [0.15, 0.2) is 35.9 Å². The lowest BCUT2D eigenvalue weighted by molar-refractivity contribution is -0.132. The van der Waals surface area contributed by atoms with Gasteiger partial charge in [-0.3, -0.25) is 0 Å². The van der Waals surface area contributed by atoms with Crippen molar-refractivity contribution in [2.24, 2.45) is 0 Å². The van der Waals surface area contributed by atoms with Crippen LogP contribution in [-0.4, -0.2) is 11.1 Å². The molecule has 1 aromatic rings. The van der Waals surface area contributed by atoms with Crippen LogP contribution in [0.4, 0.5) is 0 Å². The van der Waals surface area contributed by atoms with Gasteiger partial charge in [-0.25, -0.2) is 4.79 Å². The van der Waals surface area contributed by atoms with Gasteiger partial charge in [-0.2, -0.15) is 0 Å². The van der Waals surface area contributed by atoms with E-state index >= 15 is 0 Å². The summed E-state index contributed by atoms with van der Waals surface area (Å²) in [4.78, 5) is 10.5. The molecule has 0 aliphatic carbocycles. The van der Waals surface area contributed by atoms with Crippen LogP contribution >= 0.6 is 0 Å². The lowest BCUT2D eigenvalue weighted by atomic mass is 10.1. The smallest absolute Gasteiger partial charge is 0.330 e. The Kier molecular flexibility index (Phi) is 3.46. The molecule has 0 saturated carbocycles. The van der Waals surface area contributed by atoms with Crippen LogP contribution in [-0.2, 0) is 11.2 Å². The summed E-state index contributed by atoms with van der Waals surface area (Å²) in [6.45, 7) is 3.63. The molecule has 0 heterocycles. The van der Waals surface area contributed by atoms with E-state index in [1.807, 2.05) is 25.1 Å². The van der Waals surface area contributed by atoms with Crippen molar-refractivity contribution in [2.45, 2.75) is 20.3 Å². The van der Waals surface area contributed by atoms with E-state index in [2.05, 4.69) is 6.07 Å². The summed E-state index contributed by atoms with van der Waals surface area (Å²) in [7, 11) is 0. The van der Waals surface area contributed by atoms with Crippen molar-refractivity contribution in [1.82, 2.24) is 0 Å². The predicted octanol–water partition coefficient (Wildman–Crippen LogP) is 2.57. The van der Waals surface area contributed by atoms with Gasteiger partial charge in [0.25, 0.3) is 0 Å². The van der Waals surface area contributed by atoms with Crippen LogP contribution in [0, 0.1) is 6.92 Å². The van der Waals surface area contributed by atoms with E-state index in [4.69, 9.17) is 5.11 Å². The van der Waals surface area contributed by atoms with E-state index in [0.29, 0.717) is 12.0 Å². The number of aryl methyl sites for hydroxylation is 1. The van der Waals surface area contributed by atoms with Gasteiger partial charge in [0.2, 0.25) is 0 Å². The van der Waals surface area contributed by atoms with Gasteiger partial charge in [0, 0.05) is 5.57 Å². The van der Waals surface area contributed by atoms with Gasteiger partial charge < -0.3 is 5.11 Å². The van der Waals surface area contributed by atoms with Gasteiger partial charge in [0.05, 0.1) is 0 Å². The van der Waals surface area contributed by atoms with Crippen LogP contribution in [0.3, 0.4) is 0 Å². The van der Waals surface area contributed by atoms with Crippen molar-refractivity contribution >= 4 is 5.97 Å². The summed E-state index contributed by atoms with van der Waals surface area (Å²) in [6.07, 6.45) is 2.41. The van der Waals surface area contributed by atoms with Gasteiger partial charge in [-0.05, 0) is 25.8 Å². The molecule has 14 heavy (non-hydrogen) atoms. The summed E-state index contributed by atoms with van der Waals surface area (Å²) in [5, 5.41) is 8.65. The van der Waals surface area contributed by atoms with E-state index < -0.39 is 5.97 Å². The first-order chi connectivity index (χ1) is 6.59. The molecule has 1 N–H and O–H groups in total. The van der Waals surface area contributed by atoms with Crippen molar-refractivity contribution in [3.05, 3.63) is 47.0 Å². The van der Waals surface area contributed by atoms with Gasteiger partial charge in [-0.15, -0.1) is 0 Å². The number of rotatable bonds is 3. The topological polar surface area (TPSA) is 37.3 Å². The quantitative estimate of drug-likeness (QED) is 0.744. The molecule has 0 radical (unpaired) electrons. The number of aliphatic carboxylic acids is 1. The minimum absolute atomic E-state index is 0.395. The summed E-state index contributed by atoms with van der Waals surface area (Å²) < 4.78 is 0. The Morgan fingerprint density at radius 1 is 1.50 bits per heavy atom. The predicted molar refractivity (Wildman–Crippen MR) is 56.3 cm³/mol. The summed E-state index contributed by atoms with van der Waals surface area (Å²) in [5.74, 6) is -0.849. The van der Waals surface area contributed by atoms with E-state index in [0.717, 1.165) is 5.56 Å². The highest BCUT2D eigenvalue weighted by atomic mass is 16.4. The number of hydrogen-bond acceptors (Lipinski definition) is 1. The Hall–Kier alpha value is -1.57. The standard InChI is InChI=1S/C12H14O2/c1-9-4-3-5-11(8-9)7-6-10(2)12(13)14/h3-6,8H,7H2,1-2H3,(H,13,14). The minimum Gasteiger partial charge on any atom is -0.478 e. The summed E-state index contributed by atoms with van der Waals surface area (Å²) >= 11 is 0. The lowest BCUT2D eigenvalue weighted by Crippen LogP contribution is -1.96. The Morgan fingerprint density at radius 3 is 2.79 bits per heavy atom. The number of carboxylic acids is 1. The average Bonchev–Trinajstić information content (AvgIpc) is 2.14. The third-order valence-corrected chi connectivity index (χ3v) is 2.06. The third kappa shape index (κ3) is 3.05. The maximum absolute atomic E-state index is 10.5. The van der Waals surface area contributed by atoms with Crippen LogP contribution in [0.5, 0.6) is 0 Å². The van der Waals surface area contributed by atoms with Crippen molar-refractivity contribution in [3.8, 4) is 0 Å². The monoisotopic (exact) mass is 190 g/mol. The molecule has 0 bridgehead atoms. The Balaban J connectivity index is 2.71. The zero-order valence-electron chi connectivity index (χ0n) is 8.45. The molecule has 0 amide bonds.